The predicted octanol–water partition coefficient (Wildman–Crippen LogP) is 3.28. The normalized spacial score (nSPS) is 15.4. The van der Waals surface area contributed by atoms with Gasteiger partial charge in [-0.3, -0.25) is 9.78 Å². The number of nitrogens with zero attached hydrogens (tertiary/aromatic N) is 1. The van der Waals surface area contributed by atoms with E-state index in [1.807, 2.05) is 13.0 Å². The molecule has 0 atom stereocenters. The third-order valence-corrected chi connectivity index (χ3v) is 5.69. The molecule has 0 aliphatic heterocycles. The number of carboxylic acids is 1. The van der Waals surface area contributed by atoms with Crippen LogP contribution < -0.4 is 4.74 Å². The molecule has 7 heteroatoms. The molecule has 0 unspecified atom stereocenters. The van der Waals surface area contributed by atoms with E-state index in [9.17, 15) is 9.59 Å². The summed E-state index contributed by atoms with van der Waals surface area (Å²) in [4.78, 5) is 28.3. The van der Waals surface area contributed by atoms with Crippen LogP contribution in [0.1, 0.15) is 26.2 Å². The fourth-order valence-corrected chi connectivity index (χ4v) is 4.20. The number of fused-ring (bicyclic) bond motifs is 1. The number of esters is 1. The Morgan fingerprint density at radius 2 is 2.12 bits per heavy atom. The molecule has 2 aromatic rings. The molecule has 1 aromatic heterocycles. The van der Waals surface area contributed by atoms with Crippen molar-refractivity contribution >= 4 is 34.6 Å². The first-order chi connectivity index (χ1) is 12.0. The maximum absolute atomic E-state index is 12.4. The standard InChI is InChI=1S/C18H19NO5S/c1-2-23-17(22)18(7-3-8-18)25-15-6-9-19-14-5-4-12(10-13(14)15)24-11-16(20)21/h4-6,9-10H,2-3,7-8,11H2,1H3,(H,20,21). The highest BCUT2D eigenvalue weighted by atomic mass is 32.2. The van der Waals surface area contributed by atoms with Crippen molar-refractivity contribution in [3.63, 3.8) is 0 Å². The van der Waals surface area contributed by atoms with Gasteiger partial charge in [0.05, 0.1) is 12.1 Å². The number of thioether (sulfide) groups is 1. The quantitative estimate of drug-likeness (QED) is 0.757. The number of carbonyl (C=O) groups is 2. The molecule has 0 bridgehead atoms. The number of hydrogen-bond acceptors (Lipinski definition) is 6. The average Bonchev–Trinajstić information content (AvgIpc) is 2.56. The zero-order valence-corrected chi connectivity index (χ0v) is 14.7. The molecule has 1 aliphatic carbocycles. The SMILES string of the molecule is CCOC(=O)C1(Sc2ccnc3ccc(OCC(=O)O)cc23)CCC1. The van der Waals surface area contributed by atoms with Crippen LogP contribution in [0.3, 0.4) is 0 Å². The number of hydrogen-bond donors (Lipinski definition) is 1. The van der Waals surface area contributed by atoms with Crippen LogP contribution in [0.25, 0.3) is 10.9 Å². The molecule has 1 fully saturated rings. The van der Waals surface area contributed by atoms with E-state index in [0.717, 1.165) is 35.1 Å². The highest BCUT2D eigenvalue weighted by Gasteiger charge is 2.46. The lowest BCUT2D eigenvalue weighted by molar-refractivity contribution is -0.148. The molecule has 0 radical (unpaired) electrons. The fraction of sp³-hybridized carbons (Fsp3) is 0.389. The van der Waals surface area contributed by atoms with Crippen LogP contribution in [-0.4, -0.2) is 40.0 Å². The van der Waals surface area contributed by atoms with Crippen LogP contribution in [0.4, 0.5) is 0 Å². The van der Waals surface area contributed by atoms with E-state index in [4.69, 9.17) is 14.6 Å². The molecule has 25 heavy (non-hydrogen) atoms. The maximum atomic E-state index is 12.4. The van der Waals surface area contributed by atoms with E-state index in [2.05, 4.69) is 4.98 Å². The van der Waals surface area contributed by atoms with Gasteiger partial charge >= 0.3 is 11.9 Å². The molecule has 0 spiro atoms. The average molecular weight is 361 g/mol. The molecule has 0 saturated heterocycles. The highest BCUT2D eigenvalue weighted by Crippen LogP contribution is 2.50. The van der Waals surface area contributed by atoms with Gasteiger partial charge in [0, 0.05) is 16.5 Å². The summed E-state index contributed by atoms with van der Waals surface area (Å²) in [6, 6.07) is 7.12. The second-order valence-electron chi connectivity index (χ2n) is 5.84. The number of benzene rings is 1. The lowest BCUT2D eigenvalue weighted by Gasteiger charge is -2.38. The number of aliphatic carboxylic acids is 1. The Morgan fingerprint density at radius 3 is 2.76 bits per heavy atom. The maximum Gasteiger partial charge on any atom is 0.341 e. The zero-order chi connectivity index (χ0) is 17.9. The molecule has 0 amide bonds. The minimum Gasteiger partial charge on any atom is -0.482 e. The van der Waals surface area contributed by atoms with Crippen molar-refractivity contribution in [2.24, 2.45) is 0 Å². The fourth-order valence-electron chi connectivity index (χ4n) is 2.74. The molecule has 1 aromatic carbocycles. The van der Waals surface area contributed by atoms with E-state index < -0.39 is 17.3 Å². The van der Waals surface area contributed by atoms with Gasteiger partial charge in [-0.05, 0) is 50.5 Å². The third-order valence-electron chi connectivity index (χ3n) is 4.15. The Kier molecular flexibility index (Phi) is 5.13. The predicted molar refractivity (Wildman–Crippen MR) is 93.9 cm³/mol. The number of pyridine rings is 1. The smallest absolute Gasteiger partial charge is 0.341 e. The van der Waals surface area contributed by atoms with Crippen molar-refractivity contribution in [3.8, 4) is 5.75 Å². The Bertz CT molecular complexity index is 803. The van der Waals surface area contributed by atoms with Crippen molar-refractivity contribution in [1.29, 1.82) is 0 Å². The number of ether oxygens (including phenoxy) is 2. The highest BCUT2D eigenvalue weighted by molar-refractivity contribution is 8.01. The first-order valence-electron chi connectivity index (χ1n) is 8.14. The lowest BCUT2D eigenvalue weighted by Crippen LogP contribution is -2.43. The molecule has 1 heterocycles. The molecule has 3 rings (SSSR count). The molecule has 1 N–H and O–H groups in total. The van der Waals surface area contributed by atoms with Crippen LogP contribution in [-0.2, 0) is 14.3 Å². The van der Waals surface area contributed by atoms with Crippen LogP contribution in [0, 0.1) is 0 Å². The molecular formula is C18H19NO5S. The summed E-state index contributed by atoms with van der Waals surface area (Å²) in [5.74, 6) is -0.741. The Balaban J connectivity index is 1.91. The summed E-state index contributed by atoms with van der Waals surface area (Å²) < 4.78 is 9.98. The van der Waals surface area contributed by atoms with Crippen LogP contribution in [0.2, 0.25) is 0 Å². The number of carboxylic acid groups (broad SMARTS) is 1. The van der Waals surface area contributed by atoms with Gasteiger partial charge in [0.15, 0.2) is 6.61 Å². The summed E-state index contributed by atoms with van der Waals surface area (Å²) in [5, 5.41) is 9.59. The number of rotatable bonds is 7. The van der Waals surface area contributed by atoms with Crippen molar-refractivity contribution in [2.75, 3.05) is 13.2 Å². The van der Waals surface area contributed by atoms with Crippen molar-refractivity contribution in [2.45, 2.75) is 35.8 Å². The van der Waals surface area contributed by atoms with E-state index in [-0.39, 0.29) is 5.97 Å². The van der Waals surface area contributed by atoms with Gasteiger partial charge in [-0.25, -0.2) is 4.79 Å². The first kappa shape index (κ1) is 17.5. The molecular weight excluding hydrogens is 342 g/mol. The van der Waals surface area contributed by atoms with Gasteiger partial charge in [0.1, 0.15) is 10.5 Å². The van der Waals surface area contributed by atoms with Crippen LogP contribution in [0.15, 0.2) is 35.4 Å². The van der Waals surface area contributed by atoms with Gasteiger partial charge in [-0.1, -0.05) is 0 Å². The van der Waals surface area contributed by atoms with Gasteiger partial charge in [0.25, 0.3) is 0 Å². The number of aromatic nitrogens is 1. The summed E-state index contributed by atoms with van der Waals surface area (Å²) in [6.45, 7) is 1.77. The second-order valence-corrected chi connectivity index (χ2v) is 7.27. The summed E-state index contributed by atoms with van der Waals surface area (Å²) in [5.41, 5.74) is 0.769. The Hall–Kier alpha value is -2.28. The van der Waals surface area contributed by atoms with E-state index >= 15 is 0 Å². The van der Waals surface area contributed by atoms with Crippen LogP contribution >= 0.6 is 11.8 Å². The van der Waals surface area contributed by atoms with Gasteiger partial charge in [-0.2, -0.15) is 0 Å². The minimum absolute atomic E-state index is 0.172. The first-order valence-corrected chi connectivity index (χ1v) is 8.95. The third kappa shape index (κ3) is 3.71. The Labute approximate surface area is 149 Å². The summed E-state index contributed by atoms with van der Waals surface area (Å²) in [7, 11) is 0. The van der Waals surface area contributed by atoms with Crippen LogP contribution in [0.5, 0.6) is 5.75 Å². The number of carbonyl (C=O) groups excluding carboxylic acids is 1. The van der Waals surface area contributed by atoms with Gasteiger partial charge < -0.3 is 14.6 Å². The Morgan fingerprint density at radius 1 is 1.32 bits per heavy atom. The van der Waals surface area contributed by atoms with Crippen molar-refractivity contribution < 1.29 is 24.2 Å². The largest absolute Gasteiger partial charge is 0.482 e. The van der Waals surface area contributed by atoms with Crippen molar-refractivity contribution in [3.05, 3.63) is 30.5 Å². The lowest BCUT2D eigenvalue weighted by atomic mass is 9.84. The monoisotopic (exact) mass is 361 g/mol. The van der Waals surface area contributed by atoms with E-state index in [1.165, 1.54) is 11.8 Å². The van der Waals surface area contributed by atoms with E-state index in [1.54, 1.807) is 24.4 Å². The molecule has 1 saturated carbocycles. The van der Waals surface area contributed by atoms with Crippen molar-refractivity contribution in [1.82, 2.24) is 4.98 Å². The molecule has 6 nitrogen and oxygen atoms in total. The zero-order valence-electron chi connectivity index (χ0n) is 13.9. The summed E-state index contributed by atoms with van der Waals surface area (Å²) in [6.07, 6.45) is 4.28. The second kappa shape index (κ2) is 7.31. The van der Waals surface area contributed by atoms with Gasteiger partial charge in [0.2, 0.25) is 0 Å². The minimum atomic E-state index is -1.03. The molecule has 132 valence electrons. The topological polar surface area (TPSA) is 85.7 Å². The van der Waals surface area contributed by atoms with E-state index in [0.29, 0.717) is 12.4 Å². The molecule has 1 aliphatic rings. The van der Waals surface area contributed by atoms with Gasteiger partial charge in [-0.15, -0.1) is 11.8 Å². The summed E-state index contributed by atoms with van der Waals surface area (Å²) >= 11 is 1.50.